The van der Waals surface area contributed by atoms with Crippen molar-refractivity contribution < 1.29 is 0 Å². The zero-order valence-electron chi connectivity index (χ0n) is 18.2. The van der Waals surface area contributed by atoms with Gasteiger partial charge in [-0.15, -0.1) is 5.10 Å². The van der Waals surface area contributed by atoms with Crippen molar-refractivity contribution in [3.05, 3.63) is 57.6 Å². The van der Waals surface area contributed by atoms with Crippen LogP contribution >= 0.6 is 0 Å². The summed E-state index contributed by atoms with van der Waals surface area (Å²) in [5.41, 5.74) is 3.25. The Bertz CT molecular complexity index is 1140. The second kappa shape index (κ2) is 8.75. The Labute approximate surface area is 182 Å². The number of rotatable bonds is 6. The van der Waals surface area contributed by atoms with Crippen LogP contribution in [0.15, 0.2) is 35.1 Å². The Hall–Kier alpha value is -2.80. The van der Waals surface area contributed by atoms with Gasteiger partial charge in [-0.2, -0.15) is 10.2 Å². The molecule has 0 radical (unpaired) electrons. The fourth-order valence-electron chi connectivity index (χ4n) is 4.99. The molecule has 1 aliphatic heterocycles. The van der Waals surface area contributed by atoms with E-state index in [1.165, 1.54) is 12.8 Å². The molecule has 3 aromatic rings. The second-order valence-corrected chi connectivity index (χ2v) is 8.78. The number of benzene rings is 1. The highest BCUT2D eigenvalue weighted by molar-refractivity contribution is 5.92. The van der Waals surface area contributed by atoms with Crippen molar-refractivity contribution in [2.24, 2.45) is 0 Å². The maximum atomic E-state index is 12.5. The van der Waals surface area contributed by atoms with Crippen molar-refractivity contribution in [1.82, 2.24) is 24.9 Å². The predicted molar refractivity (Wildman–Crippen MR) is 122 cm³/mol. The van der Waals surface area contributed by atoms with E-state index in [-0.39, 0.29) is 5.56 Å². The van der Waals surface area contributed by atoms with Crippen LogP contribution in [-0.4, -0.2) is 50.6 Å². The Morgan fingerprint density at radius 2 is 1.94 bits per heavy atom. The first-order chi connectivity index (χ1) is 15.2. The lowest BCUT2D eigenvalue weighted by Crippen LogP contribution is -2.45. The van der Waals surface area contributed by atoms with Crippen LogP contribution in [0.25, 0.3) is 10.8 Å². The first-order valence-corrected chi connectivity index (χ1v) is 11.5. The molecular formula is C24H30N6O. The molecule has 0 spiro atoms. The molecule has 7 heteroatoms. The maximum absolute atomic E-state index is 12.5. The van der Waals surface area contributed by atoms with Crippen molar-refractivity contribution in [1.29, 1.82) is 0 Å². The number of nitrogens with one attached hydrogen (secondary N) is 1. The average Bonchev–Trinajstić information content (AvgIpc) is 3.25. The lowest BCUT2D eigenvalue weighted by molar-refractivity contribution is 0.148. The quantitative estimate of drug-likeness (QED) is 0.663. The van der Waals surface area contributed by atoms with Crippen molar-refractivity contribution in [2.45, 2.75) is 58.0 Å². The molecule has 7 nitrogen and oxygen atoms in total. The Morgan fingerprint density at radius 3 is 2.84 bits per heavy atom. The van der Waals surface area contributed by atoms with Crippen molar-refractivity contribution in [3.63, 3.8) is 0 Å². The van der Waals surface area contributed by atoms with Crippen LogP contribution in [0.3, 0.4) is 0 Å². The number of piperidine rings is 1. The van der Waals surface area contributed by atoms with E-state index in [1.807, 2.05) is 19.1 Å². The lowest BCUT2D eigenvalue weighted by atomic mass is 10.0. The van der Waals surface area contributed by atoms with Gasteiger partial charge in [-0.25, -0.2) is 4.68 Å². The minimum absolute atomic E-state index is 0.0359. The number of aromatic nitrogens is 4. The summed E-state index contributed by atoms with van der Waals surface area (Å²) in [6.07, 6.45) is 6.70. The minimum Gasteiger partial charge on any atom is -0.366 e. The van der Waals surface area contributed by atoms with Gasteiger partial charge in [-0.1, -0.05) is 30.7 Å². The molecule has 162 valence electrons. The summed E-state index contributed by atoms with van der Waals surface area (Å²) in [6.45, 7) is 5.38. The SMILES string of the molecule is Cc1nnc(NCC2CCCCN2CCn2nc3c(cc2=O)CCC3)c2ccccc12. The summed E-state index contributed by atoms with van der Waals surface area (Å²) >= 11 is 0. The van der Waals surface area contributed by atoms with E-state index in [4.69, 9.17) is 0 Å². The van der Waals surface area contributed by atoms with Gasteiger partial charge < -0.3 is 5.32 Å². The number of hydrogen-bond acceptors (Lipinski definition) is 6. The molecule has 1 unspecified atom stereocenters. The molecule has 0 bridgehead atoms. The molecule has 1 fully saturated rings. The topological polar surface area (TPSA) is 75.9 Å². The zero-order valence-corrected chi connectivity index (χ0v) is 18.2. The fraction of sp³-hybridized carbons (Fsp3) is 0.500. The summed E-state index contributed by atoms with van der Waals surface area (Å²) in [5, 5.41) is 19.2. The second-order valence-electron chi connectivity index (χ2n) is 8.78. The summed E-state index contributed by atoms with van der Waals surface area (Å²) in [5.74, 6) is 0.850. The highest BCUT2D eigenvalue weighted by Crippen LogP contribution is 2.24. The summed E-state index contributed by atoms with van der Waals surface area (Å²) < 4.78 is 1.67. The van der Waals surface area contributed by atoms with Gasteiger partial charge in [0.25, 0.3) is 5.56 Å². The minimum atomic E-state index is 0.0359. The van der Waals surface area contributed by atoms with Crippen molar-refractivity contribution in [3.8, 4) is 0 Å². The molecule has 1 aromatic carbocycles. The molecule has 0 amide bonds. The number of nitrogens with zero attached hydrogens (tertiary/aromatic N) is 5. The van der Waals surface area contributed by atoms with E-state index in [2.05, 4.69) is 37.6 Å². The first kappa shape index (κ1) is 20.1. The molecule has 1 N–H and O–H groups in total. The number of likely N-dealkylation sites (tertiary alicyclic amines) is 1. The molecule has 3 heterocycles. The van der Waals surface area contributed by atoms with Gasteiger partial charge >= 0.3 is 0 Å². The third kappa shape index (κ3) is 4.19. The van der Waals surface area contributed by atoms with Gasteiger partial charge in [-0.3, -0.25) is 9.69 Å². The number of aryl methyl sites for hydroxylation is 3. The molecule has 2 aromatic heterocycles. The normalized spacial score (nSPS) is 18.9. The van der Waals surface area contributed by atoms with Gasteiger partial charge in [0.2, 0.25) is 0 Å². The standard InChI is InChI=1S/C24H30N6O/c1-17-20-9-2-3-10-21(20)24(27-26-17)25-16-19-8-4-5-12-29(19)13-14-30-23(31)15-18-7-6-11-22(18)28-30/h2-3,9-10,15,19H,4-8,11-14,16H2,1H3,(H,25,27). The van der Waals surface area contributed by atoms with E-state index in [0.29, 0.717) is 12.6 Å². The molecule has 1 saturated heterocycles. The van der Waals surface area contributed by atoms with Crippen LogP contribution in [-0.2, 0) is 19.4 Å². The molecule has 31 heavy (non-hydrogen) atoms. The third-order valence-corrected chi connectivity index (χ3v) is 6.75. The smallest absolute Gasteiger partial charge is 0.267 e. The number of anilines is 1. The third-order valence-electron chi connectivity index (χ3n) is 6.75. The van der Waals surface area contributed by atoms with Crippen LogP contribution in [0.5, 0.6) is 0 Å². The van der Waals surface area contributed by atoms with E-state index in [0.717, 1.165) is 78.9 Å². The van der Waals surface area contributed by atoms with Gasteiger partial charge in [0.15, 0.2) is 5.82 Å². The van der Waals surface area contributed by atoms with E-state index < -0.39 is 0 Å². The van der Waals surface area contributed by atoms with Gasteiger partial charge in [0.1, 0.15) is 0 Å². The lowest BCUT2D eigenvalue weighted by Gasteiger charge is -2.36. The van der Waals surface area contributed by atoms with Crippen molar-refractivity contribution >= 4 is 16.6 Å². The van der Waals surface area contributed by atoms with Crippen LogP contribution in [0.4, 0.5) is 5.82 Å². The van der Waals surface area contributed by atoms with Gasteiger partial charge in [0.05, 0.1) is 17.9 Å². The first-order valence-electron chi connectivity index (χ1n) is 11.5. The molecule has 1 aliphatic carbocycles. The van der Waals surface area contributed by atoms with E-state index in [9.17, 15) is 4.79 Å². The predicted octanol–water partition coefficient (Wildman–Crippen LogP) is 2.95. The highest BCUT2D eigenvalue weighted by Gasteiger charge is 2.23. The van der Waals surface area contributed by atoms with Gasteiger partial charge in [-0.05, 0) is 51.1 Å². The monoisotopic (exact) mass is 418 g/mol. The van der Waals surface area contributed by atoms with Crippen molar-refractivity contribution in [2.75, 3.05) is 25.0 Å². The van der Waals surface area contributed by atoms with E-state index in [1.54, 1.807) is 10.7 Å². The zero-order chi connectivity index (χ0) is 21.2. The highest BCUT2D eigenvalue weighted by atomic mass is 16.1. The fourth-order valence-corrected chi connectivity index (χ4v) is 4.99. The largest absolute Gasteiger partial charge is 0.366 e. The molecular weight excluding hydrogens is 388 g/mol. The summed E-state index contributed by atoms with van der Waals surface area (Å²) in [6, 6.07) is 10.5. The molecule has 5 rings (SSSR count). The molecule has 1 atom stereocenters. The average molecular weight is 419 g/mol. The summed E-state index contributed by atoms with van der Waals surface area (Å²) in [7, 11) is 0. The molecule has 0 saturated carbocycles. The van der Waals surface area contributed by atoms with Crippen LogP contribution in [0.2, 0.25) is 0 Å². The van der Waals surface area contributed by atoms with Crippen LogP contribution < -0.4 is 10.9 Å². The van der Waals surface area contributed by atoms with Crippen LogP contribution in [0, 0.1) is 6.92 Å². The summed E-state index contributed by atoms with van der Waals surface area (Å²) in [4.78, 5) is 15.0. The number of fused-ring (bicyclic) bond motifs is 2. The van der Waals surface area contributed by atoms with Gasteiger partial charge in [0, 0.05) is 36.0 Å². The number of hydrogen-bond donors (Lipinski definition) is 1. The maximum Gasteiger partial charge on any atom is 0.267 e. The van der Waals surface area contributed by atoms with E-state index >= 15 is 0 Å². The molecule has 2 aliphatic rings. The Balaban J connectivity index is 1.26. The Morgan fingerprint density at radius 1 is 1.06 bits per heavy atom. The van der Waals surface area contributed by atoms with Crippen LogP contribution in [0.1, 0.15) is 42.6 Å². The Kier molecular flexibility index (Phi) is 5.68.